The lowest BCUT2D eigenvalue weighted by Gasteiger charge is -2.43. The number of ether oxygens (including phenoxy) is 2. The number of aromatic hydroxyl groups is 1. The number of piperazine rings is 1. The Hall–Kier alpha value is -2.31. The third kappa shape index (κ3) is 7.91. The zero-order chi connectivity index (χ0) is 28.9. The molecule has 2 fully saturated rings. The van der Waals surface area contributed by atoms with Crippen molar-refractivity contribution in [1.82, 2.24) is 14.7 Å². The van der Waals surface area contributed by atoms with E-state index in [4.69, 9.17) is 9.47 Å². The number of amides is 1. The van der Waals surface area contributed by atoms with Crippen LogP contribution in [0.25, 0.3) is 0 Å². The maximum atomic E-state index is 13.7. The smallest absolute Gasteiger partial charge is 0.416 e. The van der Waals surface area contributed by atoms with Gasteiger partial charge in [-0.3, -0.25) is 14.6 Å². The van der Waals surface area contributed by atoms with Crippen molar-refractivity contribution in [3.05, 3.63) is 58.7 Å². The van der Waals surface area contributed by atoms with Crippen LogP contribution in [0.15, 0.2) is 41.3 Å². The molecule has 2 aliphatic rings. The maximum Gasteiger partial charge on any atom is 0.416 e. The van der Waals surface area contributed by atoms with E-state index in [0.717, 1.165) is 49.4 Å². The van der Waals surface area contributed by atoms with Crippen molar-refractivity contribution in [1.29, 1.82) is 0 Å². The van der Waals surface area contributed by atoms with Gasteiger partial charge in [0.2, 0.25) is 0 Å². The van der Waals surface area contributed by atoms with Crippen LogP contribution >= 0.6 is 11.8 Å². The topological polar surface area (TPSA) is 65.5 Å². The molecule has 0 aromatic heterocycles. The summed E-state index contributed by atoms with van der Waals surface area (Å²) in [6, 6.07) is 8.78. The molecular formula is C29H38F3N3O4S. The first-order valence-electron chi connectivity index (χ1n) is 13.5. The predicted molar refractivity (Wildman–Crippen MR) is 149 cm³/mol. The second-order valence-corrected chi connectivity index (χ2v) is 11.4. The molecule has 4 rings (SSSR count). The Morgan fingerprint density at radius 3 is 2.52 bits per heavy atom. The van der Waals surface area contributed by atoms with Gasteiger partial charge in [-0.1, -0.05) is 12.1 Å². The van der Waals surface area contributed by atoms with Crippen molar-refractivity contribution in [3.8, 4) is 5.75 Å². The molecule has 2 aromatic carbocycles. The number of methoxy groups -OCH3 is 1. The van der Waals surface area contributed by atoms with Crippen molar-refractivity contribution in [2.75, 3.05) is 72.4 Å². The minimum absolute atomic E-state index is 0.0434. The summed E-state index contributed by atoms with van der Waals surface area (Å²) < 4.78 is 51.8. The van der Waals surface area contributed by atoms with Gasteiger partial charge in [0, 0.05) is 69.4 Å². The lowest BCUT2D eigenvalue weighted by molar-refractivity contribution is -0.137. The number of alkyl halides is 3. The van der Waals surface area contributed by atoms with Crippen LogP contribution < -0.4 is 0 Å². The van der Waals surface area contributed by atoms with E-state index in [1.807, 2.05) is 19.1 Å². The normalized spacial score (nSPS) is 21.1. The summed E-state index contributed by atoms with van der Waals surface area (Å²) in [7, 11) is 1.66. The molecule has 11 heteroatoms. The highest BCUT2D eigenvalue weighted by atomic mass is 32.2. The van der Waals surface area contributed by atoms with Gasteiger partial charge in [-0.05, 0) is 55.0 Å². The molecule has 220 valence electrons. The molecule has 0 radical (unpaired) electrons. The monoisotopic (exact) mass is 581 g/mol. The van der Waals surface area contributed by atoms with Crippen LogP contribution in [0.3, 0.4) is 0 Å². The average Bonchev–Trinajstić information content (AvgIpc) is 2.93. The zero-order valence-corrected chi connectivity index (χ0v) is 24.1. The van der Waals surface area contributed by atoms with Gasteiger partial charge in [-0.25, -0.2) is 0 Å². The molecule has 40 heavy (non-hydrogen) atoms. The number of hydrogen-bond acceptors (Lipinski definition) is 7. The van der Waals surface area contributed by atoms with E-state index in [-0.39, 0.29) is 23.5 Å². The van der Waals surface area contributed by atoms with E-state index in [2.05, 4.69) is 9.80 Å². The van der Waals surface area contributed by atoms with Crippen molar-refractivity contribution in [2.24, 2.45) is 0 Å². The van der Waals surface area contributed by atoms with E-state index in [1.165, 1.54) is 17.8 Å². The highest BCUT2D eigenvalue weighted by Gasteiger charge is 2.35. The first-order valence-corrected chi connectivity index (χ1v) is 14.7. The van der Waals surface area contributed by atoms with Crippen LogP contribution in [0.2, 0.25) is 0 Å². The van der Waals surface area contributed by atoms with Crippen LogP contribution in [0.5, 0.6) is 5.75 Å². The van der Waals surface area contributed by atoms with Crippen molar-refractivity contribution >= 4 is 17.7 Å². The molecule has 2 atom stereocenters. The molecule has 0 aliphatic carbocycles. The van der Waals surface area contributed by atoms with Gasteiger partial charge in [0.05, 0.1) is 24.9 Å². The summed E-state index contributed by atoms with van der Waals surface area (Å²) in [6.45, 7) is 7.93. The second kappa shape index (κ2) is 13.6. The summed E-state index contributed by atoms with van der Waals surface area (Å²) in [5, 5.41) is 10.3. The van der Waals surface area contributed by atoms with Gasteiger partial charge < -0.3 is 19.5 Å². The third-order valence-corrected chi connectivity index (χ3v) is 8.30. The van der Waals surface area contributed by atoms with Gasteiger partial charge in [0.25, 0.3) is 5.91 Å². The molecule has 2 aromatic rings. The summed E-state index contributed by atoms with van der Waals surface area (Å²) >= 11 is 1.18. The van der Waals surface area contributed by atoms with Gasteiger partial charge >= 0.3 is 6.18 Å². The Kier molecular flexibility index (Phi) is 10.4. The number of rotatable bonds is 9. The number of thioether (sulfide) groups is 1. The number of carbonyl (C=O) groups is 1. The van der Waals surface area contributed by atoms with E-state index in [9.17, 15) is 23.1 Å². The number of aryl methyl sites for hydroxylation is 1. The quantitative estimate of drug-likeness (QED) is 0.447. The van der Waals surface area contributed by atoms with E-state index >= 15 is 0 Å². The standard InChI is InChI=1S/C29H38F3N3O4S/c1-20-4-5-21(13-27(20)36)12-24-17-33(6-7-34-10-11-39-25(18-34)19-38-2)8-9-35(24)28(37)22-14-23(29(30,31)32)16-26(15-22)40-3/h4-5,13-16,24-25,36H,6-12,17-19H2,1-3H3/t24-,25+/m1/s1. The fourth-order valence-corrected chi connectivity index (χ4v) is 5.83. The molecule has 0 bridgehead atoms. The summed E-state index contributed by atoms with van der Waals surface area (Å²) in [5.74, 6) is -0.221. The van der Waals surface area contributed by atoms with E-state index in [0.29, 0.717) is 44.2 Å². The Balaban J connectivity index is 1.52. The number of hydrogen-bond donors (Lipinski definition) is 1. The molecule has 1 N–H and O–H groups in total. The third-order valence-electron chi connectivity index (χ3n) is 7.60. The average molecular weight is 582 g/mol. The number of nitrogens with zero attached hydrogens (tertiary/aromatic N) is 3. The fraction of sp³-hybridized carbons (Fsp3) is 0.552. The zero-order valence-electron chi connectivity index (χ0n) is 23.2. The highest BCUT2D eigenvalue weighted by molar-refractivity contribution is 7.98. The molecule has 0 spiro atoms. The summed E-state index contributed by atoms with van der Waals surface area (Å²) in [4.78, 5) is 20.5. The van der Waals surface area contributed by atoms with Crippen LogP contribution in [0.4, 0.5) is 13.2 Å². The van der Waals surface area contributed by atoms with Gasteiger partial charge in [-0.15, -0.1) is 11.8 Å². The molecular weight excluding hydrogens is 543 g/mol. The molecule has 1 amide bonds. The van der Waals surface area contributed by atoms with E-state index in [1.54, 1.807) is 24.3 Å². The Morgan fingerprint density at radius 2 is 1.85 bits per heavy atom. The van der Waals surface area contributed by atoms with Gasteiger partial charge in [-0.2, -0.15) is 13.2 Å². The maximum absolute atomic E-state index is 13.7. The molecule has 7 nitrogen and oxygen atoms in total. The minimum atomic E-state index is -4.54. The molecule has 2 saturated heterocycles. The lowest BCUT2D eigenvalue weighted by Crippen LogP contribution is -2.57. The highest BCUT2D eigenvalue weighted by Crippen LogP contribution is 2.33. The number of carbonyl (C=O) groups excluding carboxylic acids is 1. The Bertz CT molecular complexity index is 1160. The largest absolute Gasteiger partial charge is 0.508 e. The summed E-state index contributed by atoms with van der Waals surface area (Å²) in [5.41, 5.74) is 0.852. The Morgan fingerprint density at radius 1 is 1.10 bits per heavy atom. The van der Waals surface area contributed by atoms with Crippen molar-refractivity contribution in [2.45, 2.75) is 36.6 Å². The number of benzene rings is 2. The van der Waals surface area contributed by atoms with E-state index < -0.39 is 17.6 Å². The number of phenolic OH excluding ortho intramolecular Hbond substituents is 1. The molecule has 2 heterocycles. The SMILES string of the molecule is COC[C@@H]1CN(CCN2CCN(C(=O)c3cc(SC)cc(C(F)(F)F)c3)[C@H](Cc3ccc(C)c(O)c3)C2)CCO1. The first-order chi connectivity index (χ1) is 19.1. The number of halogens is 3. The van der Waals surface area contributed by atoms with Crippen LogP contribution in [-0.2, 0) is 22.1 Å². The van der Waals surface area contributed by atoms with Crippen LogP contribution in [0.1, 0.15) is 27.0 Å². The second-order valence-electron chi connectivity index (χ2n) is 10.5. The summed E-state index contributed by atoms with van der Waals surface area (Å²) in [6.07, 6.45) is -2.31. The molecule has 0 unspecified atom stereocenters. The Labute approximate surface area is 238 Å². The van der Waals surface area contributed by atoms with Gasteiger partial charge in [0.1, 0.15) is 5.75 Å². The van der Waals surface area contributed by atoms with Crippen molar-refractivity contribution in [3.63, 3.8) is 0 Å². The molecule has 0 saturated carbocycles. The number of morpholine rings is 1. The predicted octanol–water partition coefficient (Wildman–Crippen LogP) is 4.16. The fourth-order valence-electron chi connectivity index (χ4n) is 5.34. The molecule has 2 aliphatic heterocycles. The number of phenols is 1. The first kappa shape index (κ1) is 30.6. The lowest BCUT2D eigenvalue weighted by atomic mass is 9.99. The van der Waals surface area contributed by atoms with Crippen molar-refractivity contribution < 1.29 is 32.5 Å². The minimum Gasteiger partial charge on any atom is -0.508 e. The van der Waals surface area contributed by atoms with Crippen LogP contribution in [-0.4, -0.2) is 110 Å². The van der Waals surface area contributed by atoms with Crippen LogP contribution in [0, 0.1) is 6.92 Å². The van der Waals surface area contributed by atoms with Gasteiger partial charge in [0.15, 0.2) is 0 Å².